The zero-order valence-electron chi connectivity index (χ0n) is 10.5. The molecule has 0 heterocycles. The molecule has 0 saturated heterocycles. The summed E-state index contributed by atoms with van der Waals surface area (Å²) in [6.45, 7) is 3.77. The second kappa shape index (κ2) is 6.01. The van der Waals surface area contributed by atoms with Gasteiger partial charge in [0.15, 0.2) is 0 Å². The van der Waals surface area contributed by atoms with E-state index in [0.29, 0.717) is 22.3 Å². The first-order valence-corrected chi connectivity index (χ1v) is 7.62. The molecule has 1 aromatic rings. The molecular weight excluding hydrogens is 320 g/mol. The van der Waals surface area contributed by atoms with Crippen LogP contribution in [-0.4, -0.2) is 28.2 Å². The molecule has 0 radical (unpaired) electrons. The summed E-state index contributed by atoms with van der Waals surface area (Å²) in [7, 11) is -2.06. The van der Waals surface area contributed by atoms with Gasteiger partial charge < -0.3 is 10.5 Å². The van der Waals surface area contributed by atoms with E-state index in [9.17, 15) is 8.42 Å². The maximum Gasteiger partial charge on any atom is 0.241 e. The number of halogens is 1. The largest absolute Gasteiger partial charge is 0.398 e. The zero-order valence-corrected chi connectivity index (χ0v) is 12.9. The van der Waals surface area contributed by atoms with Crippen LogP contribution in [0.5, 0.6) is 0 Å². The van der Waals surface area contributed by atoms with Crippen LogP contribution in [0.4, 0.5) is 5.69 Å². The van der Waals surface area contributed by atoms with Crippen LogP contribution in [-0.2, 0) is 14.8 Å². The molecule has 0 fully saturated rings. The second-order valence-corrected chi connectivity index (χ2v) is 6.65. The third-order valence-corrected chi connectivity index (χ3v) is 4.78. The molecule has 0 bridgehead atoms. The van der Waals surface area contributed by atoms with Gasteiger partial charge in [-0.15, -0.1) is 0 Å². The average Bonchev–Trinajstić information content (AvgIpc) is 2.22. The number of rotatable bonds is 5. The Bertz CT molecular complexity index is 531. The van der Waals surface area contributed by atoms with Crippen molar-refractivity contribution in [1.82, 2.24) is 4.72 Å². The van der Waals surface area contributed by atoms with Gasteiger partial charge in [-0.25, -0.2) is 13.1 Å². The van der Waals surface area contributed by atoms with Gasteiger partial charge in [0.2, 0.25) is 10.0 Å². The molecular formula is C11H17BrN2O3S. The first kappa shape index (κ1) is 15.4. The van der Waals surface area contributed by atoms with Crippen LogP contribution < -0.4 is 10.5 Å². The van der Waals surface area contributed by atoms with E-state index < -0.39 is 10.0 Å². The van der Waals surface area contributed by atoms with E-state index in [-0.39, 0.29) is 10.9 Å². The summed E-state index contributed by atoms with van der Waals surface area (Å²) < 4.78 is 32.4. The number of methoxy groups -OCH3 is 1. The van der Waals surface area contributed by atoms with Crippen LogP contribution in [0.3, 0.4) is 0 Å². The number of anilines is 1. The molecule has 1 aromatic carbocycles. The second-order valence-electron chi connectivity index (χ2n) is 4.12. The normalized spacial score (nSPS) is 13.6. The number of nitrogens with two attached hydrogens (primary N) is 1. The molecule has 1 atom stereocenters. The van der Waals surface area contributed by atoms with Crippen molar-refractivity contribution in [2.45, 2.75) is 24.8 Å². The lowest BCUT2D eigenvalue weighted by molar-refractivity contribution is 0.180. The van der Waals surface area contributed by atoms with Gasteiger partial charge in [-0.1, -0.05) is 0 Å². The standard InChI is InChI=1S/C11H17BrN2O3S/c1-7-4-9(12)10(13)5-11(7)18(15,16)14-8(2)6-17-3/h4-5,8,14H,6,13H2,1-3H3. The van der Waals surface area contributed by atoms with Gasteiger partial charge in [0.25, 0.3) is 0 Å². The van der Waals surface area contributed by atoms with Crippen molar-refractivity contribution in [1.29, 1.82) is 0 Å². The number of ether oxygens (including phenoxy) is 1. The summed E-state index contributed by atoms with van der Waals surface area (Å²) in [4.78, 5) is 0.186. The van der Waals surface area contributed by atoms with Crippen molar-refractivity contribution < 1.29 is 13.2 Å². The predicted molar refractivity (Wildman–Crippen MR) is 75.0 cm³/mol. The number of hydrogen-bond acceptors (Lipinski definition) is 4. The zero-order chi connectivity index (χ0) is 13.9. The quantitative estimate of drug-likeness (QED) is 0.801. The lowest BCUT2D eigenvalue weighted by Crippen LogP contribution is -2.35. The van der Waals surface area contributed by atoms with Crippen LogP contribution in [0, 0.1) is 6.92 Å². The Hall–Kier alpha value is -0.630. The Morgan fingerprint density at radius 1 is 1.50 bits per heavy atom. The highest BCUT2D eigenvalue weighted by atomic mass is 79.9. The number of nitrogen functional groups attached to an aromatic ring is 1. The first-order chi connectivity index (χ1) is 8.27. The molecule has 1 unspecified atom stereocenters. The maximum absolute atomic E-state index is 12.2. The summed E-state index contributed by atoms with van der Waals surface area (Å²) in [6, 6.07) is 2.83. The fourth-order valence-electron chi connectivity index (χ4n) is 1.57. The average molecular weight is 337 g/mol. The number of sulfonamides is 1. The lowest BCUT2D eigenvalue weighted by atomic mass is 10.2. The minimum atomic E-state index is -3.58. The Kier molecular flexibility index (Phi) is 5.15. The van der Waals surface area contributed by atoms with Gasteiger partial charge in [0.05, 0.1) is 11.5 Å². The summed E-state index contributed by atoms with van der Waals surface area (Å²) in [5.41, 5.74) is 6.73. The van der Waals surface area contributed by atoms with E-state index in [4.69, 9.17) is 10.5 Å². The molecule has 0 spiro atoms. The third kappa shape index (κ3) is 3.68. The molecule has 102 valence electrons. The number of aryl methyl sites for hydroxylation is 1. The fraction of sp³-hybridized carbons (Fsp3) is 0.455. The smallest absolute Gasteiger partial charge is 0.241 e. The van der Waals surface area contributed by atoms with Crippen LogP contribution in [0.1, 0.15) is 12.5 Å². The Morgan fingerprint density at radius 2 is 2.11 bits per heavy atom. The minimum Gasteiger partial charge on any atom is -0.398 e. The van der Waals surface area contributed by atoms with E-state index in [0.717, 1.165) is 0 Å². The van der Waals surface area contributed by atoms with E-state index in [1.54, 1.807) is 19.9 Å². The highest BCUT2D eigenvalue weighted by Crippen LogP contribution is 2.26. The molecule has 7 heteroatoms. The number of benzene rings is 1. The number of hydrogen-bond donors (Lipinski definition) is 2. The minimum absolute atomic E-state index is 0.186. The Balaban J connectivity index is 3.09. The molecule has 0 saturated carbocycles. The first-order valence-electron chi connectivity index (χ1n) is 5.35. The van der Waals surface area contributed by atoms with E-state index in [1.165, 1.54) is 13.2 Å². The predicted octanol–water partition coefficient (Wildman–Crippen LogP) is 1.65. The SMILES string of the molecule is COCC(C)NS(=O)(=O)c1cc(N)c(Br)cc1C. The van der Waals surface area contributed by atoms with Crippen molar-refractivity contribution in [2.75, 3.05) is 19.5 Å². The van der Waals surface area contributed by atoms with Crippen molar-refractivity contribution in [3.8, 4) is 0 Å². The van der Waals surface area contributed by atoms with E-state index >= 15 is 0 Å². The molecule has 0 aliphatic heterocycles. The summed E-state index contributed by atoms with van der Waals surface area (Å²) >= 11 is 3.26. The lowest BCUT2D eigenvalue weighted by Gasteiger charge is -2.15. The summed E-state index contributed by atoms with van der Waals surface area (Å²) in [6.07, 6.45) is 0. The third-order valence-electron chi connectivity index (χ3n) is 2.36. The van der Waals surface area contributed by atoms with Gasteiger partial charge in [0.1, 0.15) is 0 Å². The van der Waals surface area contributed by atoms with Gasteiger partial charge in [-0.3, -0.25) is 0 Å². The van der Waals surface area contributed by atoms with E-state index in [1.807, 2.05) is 0 Å². The molecule has 0 aliphatic carbocycles. The van der Waals surface area contributed by atoms with Crippen molar-refractivity contribution >= 4 is 31.6 Å². The summed E-state index contributed by atoms with van der Waals surface area (Å²) in [5, 5.41) is 0. The molecule has 0 aromatic heterocycles. The Morgan fingerprint density at radius 3 is 2.67 bits per heavy atom. The number of nitrogens with one attached hydrogen (secondary N) is 1. The molecule has 0 aliphatic rings. The fourth-order valence-corrected chi connectivity index (χ4v) is 3.52. The highest BCUT2D eigenvalue weighted by molar-refractivity contribution is 9.10. The van der Waals surface area contributed by atoms with Gasteiger partial charge in [-0.2, -0.15) is 0 Å². The molecule has 1 rings (SSSR count). The van der Waals surface area contributed by atoms with E-state index in [2.05, 4.69) is 20.7 Å². The van der Waals surface area contributed by atoms with Crippen molar-refractivity contribution in [3.05, 3.63) is 22.2 Å². The monoisotopic (exact) mass is 336 g/mol. The van der Waals surface area contributed by atoms with Gasteiger partial charge in [-0.05, 0) is 47.5 Å². The van der Waals surface area contributed by atoms with Crippen LogP contribution in [0.2, 0.25) is 0 Å². The molecule has 3 N–H and O–H groups in total. The Labute approximate surface area is 116 Å². The van der Waals surface area contributed by atoms with Gasteiger partial charge in [0, 0.05) is 23.3 Å². The van der Waals surface area contributed by atoms with Crippen LogP contribution in [0.25, 0.3) is 0 Å². The van der Waals surface area contributed by atoms with Crippen LogP contribution >= 0.6 is 15.9 Å². The molecule has 5 nitrogen and oxygen atoms in total. The van der Waals surface area contributed by atoms with Crippen molar-refractivity contribution in [2.24, 2.45) is 0 Å². The summed E-state index contributed by atoms with van der Waals surface area (Å²) in [5.74, 6) is 0. The highest BCUT2D eigenvalue weighted by Gasteiger charge is 2.20. The van der Waals surface area contributed by atoms with Crippen LogP contribution in [0.15, 0.2) is 21.5 Å². The molecule has 0 amide bonds. The molecule has 18 heavy (non-hydrogen) atoms. The maximum atomic E-state index is 12.2. The van der Waals surface area contributed by atoms with Crippen molar-refractivity contribution in [3.63, 3.8) is 0 Å². The van der Waals surface area contributed by atoms with Gasteiger partial charge >= 0.3 is 0 Å². The topological polar surface area (TPSA) is 81.4 Å².